The molecule has 166 valence electrons. The van der Waals surface area contributed by atoms with Crippen LogP contribution in [-0.4, -0.2) is 44.3 Å². The molecule has 31 heavy (non-hydrogen) atoms. The number of halogens is 1. The van der Waals surface area contributed by atoms with Crippen LogP contribution in [0.15, 0.2) is 53.4 Å². The standard InChI is InChI=1S/C21H25FN4O4S/c1-2-23-21(28)25-17-7-5-6-16(14-17)24-20(27)15-10-12-26(13-11-15)31(29,30)19-9-4-3-8-18(19)22/h3-9,14-15H,2,10-13H2,1H3,(H,24,27)(H2,23,25,28). The molecule has 1 saturated heterocycles. The van der Waals surface area contributed by atoms with Gasteiger partial charge in [0.25, 0.3) is 0 Å². The molecular formula is C21H25FN4O4S. The summed E-state index contributed by atoms with van der Waals surface area (Å²) in [6.45, 7) is 2.57. The van der Waals surface area contributed by atoms with Gasteiger partial charge in [-0.05, 0) is 50.1 Å². The topological polar surface area (TPSA) is 108 Å². The Morgan fingerprint density at radius 2 is 1.68 bits per heavy atom. The molecule has 3 N–H and O–H groups in total. The second kappa shape index (κ2) is 9.88. The zero-order valence-electron chi connectivity index (χ0n) is 17.1. The number of amides is 3. The number of nitrogens with zero attached hydrogens (tertiary/aromatic N) is 1. The molecule has 3 amide bonds. The summed E-state index contributed by atoms with van der Waals surface area (Å²) < 4.78 is 40.5. The molecule has 2 aromatic carbocycles. The summed E-state index contributed by atoms with van der Waals surface area (Å²) in [6, 6.07) is 11.7. The van der Waals surface area contributed by atoms with E-state index in [2.05, 4.69) is 16.0 Å². The highest BCUT2D eigenvalue weighted by atomic mass is 32.2. The zero-order chi connectivity index (χ0) is 22.4. The minimum absolute atomic E-state index is 0.132. The van der Waals surface area contributed by atoms with Gasteiger partial charge in [-0.3, -0.25) is 4.79 Å². The molecule has 10 heteroatoms. The molecule has 0 aliphatic carbocycles. The third-order valence-corrected chi connectivity index (χ3v) is 6.94. The van der Waals surface area contributed by atoms with Gasteiger partial charge < -0.3 is 16.0 Å². The second-order valence-corrected chi connectivity index (χ2v) is 9.07. The molecule has 3 rings (SSSR count). The van der Waals surface area contributed by atoms with Crippen molar-refractivity contribution in [1.29, 1.82) is 0 Å². The molecule has 1 fully saturated rings. The molecule has 8 nitrogen and oxygen atoms in total. The number of nitrogens with one attached hydrogen (secondary N) is 3. The van der Waals surface area contributed by atoms with Crippen molar-refractivity contribution in [2.24, 2.45) is 5.92 Å². The van der Waals surface area contributed by atoms with Crippen LogP contribution in [0.3, 0.4) is 0 Å². The van der Waals surface area contributed by atoms with Crippen LogP contribution in [0, 0.1) is 11.7 Å². The van der Waals surface area contributed by atoms with E-state index in [1.54, 1.807) is 24.3 Å². The maximum Gasteiger partial charge on any atom is 0.319 e. The number of anilines is 2. The fourth-order valence-electron chi connectivity index (χ4n) is 3.41. The van der Waals surface area contributed by atoms with Crippen LogP contribution < -0.4 is 16.0 Å². The number of piperidine rings is 1. The lowest BCUT2D eigenvalue weighted by atomic mass is 9.97. The zero-order valence-corrected chi connectivity index (χ0v) is 17.9. The molecule has 0 atom stereocenters. The van der Waals surface area contributed by atoms with Crippen LogP contribution in [0.2, 0.25) is 0 Å². The molecule has 0 radical (unpaired) electrons. The summed E-state index contributed by atoms with van der Waals surface area (Å²) in [7, 11) is -3.94. The summed E-state index contributed by atoms with van der Waals surface area (Å²) in [6.07, 6.45) is 0.659. The monoisotopic (exact) mass is 448 g/mol. The van der Waals surface area contributed by atoms with E-state index in [0.29, 0.717) is 30.8 Å². The maximum absolute atomic E-state index is 13.9. The van der Waals surface area contributed by atoms with Gasteiger partial charge in [-0.15, -0.1) is 0 Å². The highest BCUT2D eigenvalue weighted by Crippen LogP contribution is 2.26. The van der Waals surface area contributed by atoms with E-state index in [1.165, 1.54) is 22.5 Å². The predicted molar refractivity (Wildman–Crippen MR) is 116 cm³/mol. The molecule has 1 aliphatic rings. The summed E-state index contributed by atoms with van der Waals surface area (Å²) >= 11 is 0. The maximum atomic E-state index is 13.9. The van der Waals surface area contributed by atoms with E-state index in [1.807, 2.05) is 6.92 Å². The molecule has 0 aromatic heterocycles. The number of rotatable bonds is 6. The average Bonchev–Trinajstić information content (AvgIpc) is 2.74. The number of carbonyl (C=O) groups is 2. The first-order valence-corrected chi connectivity index (χ1v) is 11.5. The number of urea groups is 1. The van der Waals surface area contributed by atoms with Crippen molar-refractivity contribution in [2.75, 3.05) is 30.3 Å². The second-order valence-electron chi connectivity index (χ2n) is 7.16. The molecule has 1 heterocycles. The lowest BCUT2D eigenvalue weighted by Crippen LogP contribution is -2.41. The Hall–Kier alpha value is -2.98. The van der Waals surface area contributed by atoms with Crippen molar-refractivity contribution in [3.63, 3.8) is 0 Å². The first-order valence-electron chi connectivity index (χ1n) is 10.0. The van der Waals surface area contributed by atoms with Gasteiger partial charge in [-0.25, -0.2) is 17.6 Å². The fraction of sp³-hybridized carbons (Fsp3) is 0.333. The summed E-state index contributed by atoms with van der Waals surface area (Å²) in [4.78, 5) is 23.9. The van der Waals surface area contributed by atoms with Gasteiger partial charge in [-0.2, -0.15) is 4.31 Å². The van der Waals surface area contributed by atoms with Crippen LogP contribution in [0.25, 0.3) is 0 Å². The van der Waals surface area contributed by atoms with Crippen molar-refractivity contribution in [3.05, 3.63) is 54.3 Å². The first kappa shape index (κ1) is 22.7. The number of benzene rings is 2. The van der Waals surface area contributed by atoms with E-state index in [9.17, 15) is 22.4 Å². The van der Waals surface area contributed by atoms with Gasteiger partial charge in [0, 0.05) is 36.9 Å². The molecule has 2 aromatic rings. The average molecular weight is 449 g/mol. The molecular weight excluding hydrogens is 423 g/mol. The van der Waals surface area contributed by atoms with Gasteiger partial charge in [0.15, 0.2) is 0 Å². The Bertz CT molecular complexity index is 1050. The summed E-state index contributed by atoms with van der Waals surface area (Å²) in [5.74, 6) is -1.38. The Kier molecular flexibility index (Phi) is 7.24. The Balaban J connectivity index is 1.58. The van der Waals surface area contributed by atoms with E-state index in [-0.39, 0.29) is 35.8 Å². The smallest absolute Gasteiger partial charge is 0.319 e. The predicted octanol–water partition coefficient (Wildman–Crippen LogP) is 3.01. The Labute approximate surface area is 180 Å². The third kappa shape index (κ3) is 5.59. The lowest BCUT2D eigenvalue weighted by Gasteiger charge is -2.30. The van der Waals surface area contributed by atoms with Crippen LogP contribution in [-0.2, 0) is 14.8 Å². The molecule has 1 aliphatic heterocycles. The molecule has 0 saturated carbocycles. The molecule has 0 spiro atoms. The van der Waals surface area contributed by atoms with Crippen LogP contribution in [0.4, 0.5) is 20.6 Å². The normalized spacial score (nSPS) is 15.3. The molecule has 0 bridgehead atoms. The third-order valence-electron chi connectivity index (χ3n) is 5.00. The van der Waals surface area contributed by atoms with E-state index >= 15 is 0 Å². The highest BCUT2D eigenvalue weighted by molar-refractivity contribution is 7.89. The van der Waals surface area contributed by atoms with Crippen LogP contribution >= 0.6 is 0 Å². The first-order chi connectivity index (χ1) is 14.8. The van der Waals surface area contributed by atoms with Gasteiger partial charge in [0.1, 0.15) is 10.7 Å². The Morgan fingerprint density at radius 1 is 1.03 bits per heavy atom. The van der Waals surface area contributed by atoms with E-state index in [4.69, 9.17) is 0 Å². The van der Waals surface area contributed by atoms with Gasteiger partial charge in [0.05, 0.1) is 0 Å². The Morgan fingerprint density at radius 3 is 2.32 bits per heavy atom. The number of carbonyl (C=O) groups excluding carboxylic acids is 2. The van der Waals surface area contributed by atoms with Crippen molar-refractivity contribution < 1.29 is 22.4 Å². The summed E-state index contributed by atoms with van der Waals surface area (Å²) in [5, 5.41) is 8.11. The van der Waals surface area contributed by atoms with Crippen LogP contribution in [0.5, 0.6) is 0 Å². The van der Waals surface area contributed by atoms with E-state index in [0.717, 1.165) is 6.07 Å². The SMILES string of the molecule is CCNC(=O)Nc1cccc(NC(=O)C2CCN(S(=O)(=O)c3ccccc3F)CC2)c1. The minimum atomic E-state index is -3.94. The van der Waals surface area contributed by atoms with Crippen molar-refractivity contribution >= 4 is 33.3 Å². The lowest BCUT2D eigenvalue weighted by molar-refractivity contribution is -0.120. The minimum Gasteiger partial charge on any atom is -0.338 e. The molecule has 0 unspecified atom stereocenters. The fourth-order valence-corrected chi connectivity index (χ4v) is 4.94. The quantitative estimate of drug-likeness (QED) is 0.631. The van der Waals surface area contributed by atoms with Gasteiger partial charge >= 0.3 is 6.03 Å². The number of hydrogen-bond donors (Lipinski definition) is 3. The number of sulfonamides is 1. The van der Waals surface area contributed by atoms with Crippen molar-refractivity contribution in [2.45, 2.75) is 24.7 Å². The number of hydrogen-bond acceptors (Lipinski definition) is 4. The van der Waals surface area contributed by atoms with Crippen LogP contribution in [0.1, 0.15) is 19.8 Å². The largest absolute Gasteiger partial charge is 0.338 e. The van der Waals surface area contributed by atoms with E-state index < -0.39 is 15.8 Å². The van der Waals surface area contributed by atoms with Crippen molar-refractivity contribution in [3.8, 4) is 0 Å². The van der Waals surface area contributed by atoms with Gasteiger partial charge in [0.2, 0.25) is 15.9 Å². The van der Waals surface area contributed by atoms with Crippen molar-refractivity contribution in [1.82, 2.24) is 9.62 Å². The van der Waals surface area contributed by atoms with Gasteiger partial charge in [-0.1, -0.05) is 18.2 Å². The highest BCUT2D eigenvalue weighted by Gasteiger charge is 2.33. The summed E-state index contributed by atoms with van der Waals surface area (Å²) in [5.41, 5.74) is 1.07.